The number of carbonyl (C=O) groups is 4. The summed E-state index contributed by atoms with van der Waals surface area (Å²) in [5, 5.41) is 6.98. The topological polar surface area (TPSA) is 234 Å². The van der Waals surface area contributed by atoms with E-state index < -0.39 is 52.9 Å². The molecular weight excluding hydrogens is 1280 g/mol. The first-order valence-corrected chi connectivity index (χ1v) is 33.8. The molecule has 22 nitrogen and oxygen atoms in total. The number of aromatic nitrogens is 6. The quantitative estimate of drug-likeness (QED) is 0.0264. The highest BCUT2D eigenvalue weighted by Gasteiger charge is 2.45. The van der Waals surface area contributed by atoms with Gasteiger partial charge in [-0.25, -0.2) is 27.5 Å². The molecule has 1 atom stereocenters. The Kier molecular flexibility index (Phi) is 20.2. The lowest BCUT2D eigenvalue weighted by molar-refractivity contribution is -0.136. The van der Waals surface area contributed by atoms with Crippen molar-refractivity contribution in [2.75, 3.05) is 83.9 Å². The largest absolute Gasteiger partial charge is 0.474 e. The van der Waals surface area contributed by atoms with Gasteiger partial charge >= 0.3 is 0 Å². The van der Waals surface area contributed by atoms with Gasteiger partial charge in [-0.1, -0.05) is 0 Å². The van der Waals surface area contributed by atoms with Crippen LogP contribution in [0.1, 0.15) is 84.9 Å². The maximum atomic E-state index is 15.3. The molecule has 6 aromatic heterocycles. The number of hydrogen-bond acceptors (Lipinski definition) is 18. The average molecular weight is 1360 g/mol. The highest BCUT2D eigenvalue weighted by molar-refractivity contribution is 6.24. The Morgan fingerprint density at radius 1 is 0.495 bits per heavy atom. The molecule has 4 aliphatic heterocycles. The van der Waals surface area contributed by atoms with Crippen LogP contribution in [0.3, 0.4) is 0 Å². The van der Waals surface area contributed by atoms with Crippen molar-refractivity contribution in [1.82, 2.24) is 44.6 Å². The van der Waals surface area contributed by atoms with Gasteiger partial charge in [0.2, 0.25) is 23.6 Å². The molecule has 3 aromatic carbocycles. The molecule has 0 radical (unpaired) electrons. The molecule has 0 bridgehead atoms. The molecule has 2 saturated carbocycles. The number of benzene rings is 3. The first-order valence-electron chi connectivity index (χ1n) is 33.8. The minimum absolute atomic E-state index is 0.0282. The predicted octanol–water partition coefficient (Wildman–Crippen LogP) is 9.87. The second kappa shape index (κ2) is 29.8. The van der Waals surface area contributed by atoms with E-state index in [0.29, 0.717) is 110 Å². The molecule has 5 fully saturated rings. The molecule has 3 saturated heterocycles. The number of fused-ring (bicyclic) bond motifs is 7. The molecule has 2 N–H and O–H groups in total. The molecule has 2 aliphatic carbocycles. The van der Waals surface area contributed by atoms with Crippen LogP contribution in [0, 0.1) is 23.3 Å². The van der Waals surface area contributed by atoms with Crippen LogP contribution in [0.25, 0.3) is 65.9 Å². The summed E-state index contributed by atoms with van der Waals surface area (Å²) >= 11 is 0. The van der Waals surface area contributed by atoms with Crippen molar-refractivity contribution in [3.05, 3.63) is 138 Å². The third kappa shape index (κ3) is 14.3. The van der Waals surface area contributed by atoms with Crippen molar-refractivity contribution in [2.24, 2.45) is 14.1 Å². The van der Waals surface area contributed by atoms with Crippen molar-refractivity contribution in [2.45, 2.75) is 107 Å². The summed E-state index contributed by atoms with van der Waals surface area (Å²) in [5.41, 5.74) is 5.26. The lowest BCUT2D eigenvalue weighted by atomic mass is 9.92. The number of nitrogens with zero attached hydrogens (tertiary/aromatic N) is 8. The number of halogens is 4. The maximum absolute atomic E-state index is 15.3. The van der Waals surface area contributed by atoms with E-state index in [1.165, 1.54) is 12.4 Å². The van der Waals surface area contributed by atoms with Gasteiger partial charge in [0.1, 0.15) is 18.2 Å². The van der Waals surface area contributed by atoms with Crippen LogP contribution in [0.5, 0.6) is 11.8 Å². The number of imide groups is 2. The Bertz CT molecular complexity index is 4460. The lowest BCUT2D eigenvalue weighted by Gasteiger charge is -2.40. The number of hydrogen-bond donors (Lipinski definition) is 2. The van der Waals surface area contributed by atoms with Gasteiger partial charge in [0.25, 0.3) is 11.8 Å². The summed E-state index contributed by atoms with van der Waals surface area (Å²) in [6.07, 6.45) is 16.6. The Balaban J connectivity index is 0.000000182. The van der Waals surface area contributed by atoms with E-state index in [1.807, 2.05) is 23.2 Å². The minimum atomic E-state index is -0.989. The van der Waals surface area contributed by atoms with Crippen molar-refractivity contribution in [1.29, 1.82) is 0 Å². The second-order valence-electron chi connectivity index (χ2n) is 25.8. The van der Waals surface area contributed by atoms with Crippen LogP contribution in [0.2, 0.25) is 0 Å². The van der Waals surface area contributed by atoms with Gasteiger partial charge in [0, 0.05) is 224 Å². The van der Waals surface area contributed by atoms with Crippen LogP contribution < -0.4 is 25.0 Å². The van der Waals surface area contributed by atoms with Gasteiger partial charge in [0.05, 0.1) is 57.6 Å². The number of nitrogens with one attached hydrogen (secondary N) is 2. The number of ether oxygens (including phenoxy) is 8. The fraction of sp³-hybridized carbons (Fsp3) is 0.425. The Morgan fingerprint density at radius 3 is 1.44 bits per heavy atom. The number of aryl methyl sites for hydroxylation is 2. The molecule has 10 heterocycles. The van der Waals surface area contributed by atoms with Gasteiger partial charge in [-0.3, -0.25) is 39.4 Å². The molecule has 9 aromatic rings. The van der Waals surface area contributed by atoms with Crippen LogP contribution in [0.4, 0.5) is 23.2 Å². The van der Waals surface area contributed by atoms with Gasteiger partial charge in [-0.15, -0.1) is 0 Å². The highest BCUT2D eigenvalue weighted by Crippen LogP contribution is 2.40. The second-order valence-corrected chi connectivity index (χ2v) is 25.8. The van der Waals surface area contributed by atoms with Crippen LogP contribution in [-0.2, 0) is 52.1 Å². The first-order chi connectivity index (χ1) is 48.2. The highest BCUT2D eigenvalue weighted by atomic mass is 19.2. The summed E-state index contributed by atoms with van der Waals surface area (Å²) in [7, 11) is 3.65. The molecule has 1 unspecified atom stereocenters. The molecular formula is C73H76F4N10O12. The predicted molar refractivity (Wildman–Crippen MR) is 357 cm³/mol. The molecule has 26 heteroatoms. The zero-order valence-corrected chi connectivity index (χ0v) is 54.9. The lowest BCUT2D eigenvalue weighted by Crippen LogP contribution is -2.54. The number of amides is 4. The number of anilines is 1. The van der Waals surface area contributed by atoms with E-state index in [-0.39, 0.29) is 76.4 Å². The maximum Gasteiger partial charge on any atom is 0.262 e. The van der Waals surface area contributed by atoms with Gasteiger partial charge in [0.15, 0.2) is 23.3 Å². The SMILES string of the molecule is Cn1c2ccncc2c2c(F)c(F)c(-c3ccc(OC4CC(OCCCOCCCOC5CN(c6ccc7c(c6)C(=O)N(C6CCC(=O)NC6=O)C7=O)C5)C4)nc3)cc21.Cn1c2ccncc2c2c(F)c(F)c(-c3ccc(OC4CC(OCCCOCCCOC5CNC5)C4)nc3)cc21. The number of rotatable bonds is 28. The van der Waals surface area contributed by atoms with Gasteiger partial charge < -0.3 is 57.2 Å². The average Bonchev–Trinajstić information content (AvgIpc) is 1.61. The van der Waals surface area contributed by atoms with Gasteiger partial charge in [-0.2, -0.15) is 0 Å². The van der Waals surface area contributed by atoms with Crippen molar-refractivity contribution in [3.8, 4) is 34.0 Å². The summed E-state index contributed by atoms with van der Waals surface area (Å²) in [4.78, 5) is 69.9. The zero-order chi connectivity index (χ0) is 68.3. The fourth-order valence-corrected chi connectivity index (χ4v) is 13.4. The van der Waals surface area contributed by atoms with Gasteiger partial charge in [-0.05, 0) is 86.7 Å². The smallest absolute Gasteiger partial charge is 0.262 e. The van der Waals surface area contributed by atoms with Crippen molar-refractivity contribution < 1.29 is 74.6 Å². The van der Waals surface area contributed by atoms with Crippen LogP contribution in [-0.4, -0.2) is 179 Å². The third-order valence-corrected chi connectivity index (χ3v) is 19.3. The Labute approximate surface area is 567 Å². The summed E-state index contributed by atoms with van der Waals surface area (Å²) in [6.45, 7) is 8.31. The Hall–Kier alpha value is -9.02. The van der Waals surface area contributed by atoms with E-state index in [1.54, 1.807) is 91.5 Å². The van der Waals surface area contributed by atoms with E-state index >= 15 is 17.6 Å². The van der Waals surface area contributed by atoms with Crippen LogP contribution in [0.15, 0.2) is 104 Å². The first kappa shape index (κ1) is 67.2. The van der Waals surface area contributed by atoms with E-state index in [9.17, 15) is 19.2 Å². The molecule has 15 rings (SSSR count). The summed E-state index contributed by atoms with van der Waals surface area (Å²) in [5.74, 6) is -4.83. The zero-order valence-electron chi connectivity index (χ0n) is 54.9. The molecule has 4 amide bonds. The fourth-order valence-electron chi connectivity index (χ4n) is 13.4. The summed E-state index contributed by atoms with van der Waals surface area (Å²) < 4.78 is 111. The van der Waals surface area contributed by atoms with Crippen molar-refractivity contribution in [3.63, 3.8) is 0 Å². The Morgan fingerprint density at radius 2 is 0.980 bits per heavy atom. The van der Waals surface area contributed by atoms with Crippen molar-refractivity contribution >= 4 is 72.9 Å². The molecule has 518 valence electrons. The number of piperidine rings is 1. The molecule has 0 spiro atoms. The molecule has 6 aliphatic rings. The van der Waals surface area contributed by atoms with E-state index in [4.69, 9.17) is 37.9 Å². The number of carbonyl (C=O) groups excluding carboxylic acids is 4. The summed E-state index contributed by atoms with van der Waals surface area (Å²) in [6, 6.07) is 17.7. The number of pyridine rings is 4. The molecule has 99 heavy (non-hydrogen) atoms. The van der Waals surface area contributed by atoms with E-state index in [2.05, 4.69) is 35.5 Å². The van der Waals surface area contributed by atoms with E-state index in [0.717, 1.165) is 92.7 Å². The van der Waals surface area contributed by atoms with Crippen LogP contribution >= 0.6 is 0 Å². The minimum Gasteiger partial charge on any atom is -0.474 e. The third-order valence-electron chi connectivity index (χ3n) is 19.3. The normalized spacial score (nSPS) is 20.0. The monoisotopic (exact) mass is 1360 g/mol. The standard InChI is InChI=1S/C43H42F2N6O8.C30H34F2N4O4/c1-49-33-10-11-46-21-32(33)38-35(49)19-30(39(44)40(38)45)24-4-9-37(47-20-24)59-27-17-26(18-27)57-14-2-12-56-13-3-15-58-28-22-50(23-28)25-5-6-29-31(16-25)43(55)51(42(29)54)34-7-8-36(52)48-41(34)53;1-36-25-6-7-33-18-24(25)28-26(36)14-23(29(31)30(28)32)19-4-5-27(35-15-19)40-21-12-20(13-21)38-10-2-8-37-9-3-11-39-22-16-34-17-22/h4-6,9-11,16,19-21,26-28,34H,2-3,7-8,12-15,17-18,22-23H2,1H3,(H,48,52,53);4-7,14-15,18,20-22,34H,2-3,8-13,16-17H2,1H3.